The van der Waals surface area contributed by atoms with Gasteiger partial charge in [-0.05, 0) is 27.9 Å². The maximum Gasteiger partial charge on any atom is 0.310 e. The number of nitrogens with one attached hydrogen (secondary N) is 1. The lowest BCUT2D eigenvalue weighted by Gasteiger charge is -2.07. The molecule has 0 saturated heterocycles. The molecular weight excluding hydrogens is 310 g/mol. The van der Waals surface area contributed by atoms with Crippen molar-refractivity contribution < 1.29 is 4.92 Å². The molecule has 0 atom stereocenters. The molecule has 0 fully saturated rings. The first-order valence-electron chi connectivity index (χ1n) is 5.74. The summed E-state index contributed by atoms with van der Waals surface area (Å²) in [5.41, 5.74) is 1.64. The van der Waals surface area contributed by atoms with Crippen LogP contribution in [-0.2, 0) is 6.42 Å². The first-order chi connectivity index (χ1) is 9.16. The number of halogens is 1. The SMILES string of the molecule is O=[N+]([O-])c1cnc(Br)cc1NCCc1ccccc1. The maximum atomic E-state index is 10.9. The molecule has 1 heterocycles. The molecule has 2 rings (SSSR count). The van der Waals surface area contributed by atoms with Crippen molar-refractivity contribution in [2.45, 2.75) is 6.42 Å². The number of aromatic nitrogens is 1. The molecule has 0 bridgehead atoms. The van der Waals surface area contributed by atoms with Gasteiger partial charge in [-0.15, -0.1) is 0 Å². The van der Waals surface area contributed by atoms with Crippen molar-refractivity contribution in [2.75, 3.05) is 11.9 Å². The average molecular weight is 322 g/mol. The lowest BCUT2D eigenvalue weighted by atomic mass is 10.1. The van der Waals surface area contributed by atoms with Crippen LogP contribution in [0.25, 0.3) is 0 Å². The second-order valence-corrected chi connectivity index (χ2v) is 4.76. The standard InChI is InChI=1S/C13H12BrN3O2/c14-13-8-11(12(9-16-13)17(18)19)15-7-6-10-4-2-1-3-5-10/h1-5,8-9H,6-7H2,(H,15,16). The topological polar surface area (TPSA) is 68.1 Å². The number of benzene rings is 1. The van der Waals surface area contributed by atoms with Crippen LogP contribution in [-0.4, -0.2) is 16.5 Å². The Balaban J connectivity index is 2.03. The minimum atomic E-state index is -0.440. The Kier molecular flexibility index (Phi) is 4.46. The summed E-state index contributed by atoms with van der Waals surface area (Å²) in [6.45, 7) is 0.626. The monoisotopic (exact) mass is 321 g/mol. The number of pyridine rings is 1. The Morgan fingerprint density at radius 2 is 2.05 bits per heavy atom. The first-order valence-corrected chi connectivity index (χ1v) is 6.54. The normalized spacial score (nSPS) is 10.2. The predicted molar refractivity (Wildman–Crippen MR) is 77.2 cm³/mol. The van der Waals surface area contributed by atoms with Gasteiger partial charge in [0.25, 0.3) is 0 Å². The van der Waals surface area contributed by atoms with Crippen LogP contribution >= 0.6 is 15.9 Å². The van der Waals surface area contributed by atoms with Gasteiger partial charge in [0.2, 0.25) is 0 Å². The second kappa shape index (κ2) is 6.29. The van der Waals surface area contributed by atoms with Crippen molar-refractivity contribution in [1.82, 2.24) is 4.98 Å². The summed E-state index contributed by atoms with van der Waals surface area (Å²) < 4.78 is 0.570. The van der Waals surface area contributed by atoms with Crippen molar-refractivity contribution >= 4 is 27.3 Å². The molecule has 0 aliphatic rings. The highest BCUT2D eigenvalue weighted by Gasteiger charge is 2.14. The number of nitrogens with zero attached hydrogens (tertiary/aromatic N) is 2. The van der Waals surface area contributed by atoms with E-state index in [9.17, 15) is 10.1 Å². The van der Waals surface area contributed by atoms with Crippen LogP contribution in [0.5, 0.6) is 0 Å². The van der Waals surface area contributed by atoms with Crippen molar-refractivity contribution in [2.24, 2.45) is 0 Å². The second-order valence-electron chi connectivity index (χ2n) is 3.94. The van der Waals surface area contributed by atoms with Crippen LogP contribution in [0.2, 0.25) is 0 Å². The van der Waals surface area contributed by atoms with E-state index in [1.165, 1.54) is 11.8 Å². The minimum absolute atomic E-state index is 0.0174. The number of anilines is 1. The third kappa shape index (κ3) is 3.75. The molecule has 98 valence electrons. The third-order valence-electron chi connectivity index (χ3n) is 2.62. The highest BCUT2D eigenvalue weighted by Crippen LogP contribution is 2.25. The van der Waals surface area contributed by atoms with Crippen molar-refractivity contribution in [3.63, 3.8) is 0 Å². The average Bonchev–Trinajstić information content (AvgIpc) is 2.39. The van der Waals surface area contributed by atoms with Crippen LogP contribution in [0.3, 0.4) is 0 Å². The third-order valence-corrected chi connectivity index (χ3v) is 3.05. The van der Waals surface area contributed by atoms with Gasteiger partial charge < -0.3 is 5.32 Å². The van der Waals surface area contributed by atoms with Crippen LogP contribution in [0, 0.1) is 10.1 Å². The van der Waals surface area contributed by atoms with E-state index in [0.29, 0.717) is 16.8 Å². The van der Waals surface area contributed by atoms with Crippen LogP contribution in [0.1, 0.15) is 5.56 Å². The van der Waals surface area contributed by atoms with E-state index in [1.807, 2.05) is 30.3 Å². The van der Waals surface area contributed by atoms with Crippen LogP contribution < -0.4 is 5.32 Å². The lowest BCUT2D eigenvalue weighted by molar-refractivity contribution is -0.384. The van der Waals surface area contributed by atoms with Crippen molar-refractivity contribution in [3.8, 4) is 0 Å². The smallest absolute Gasteiger partial charge is 0.310 e. The summed E-state index contributed by atoms with van der Waals surface area (Å²) in [5.74, 6) is 0. The van der Waals surface area contributed by atoms with Gasteiger partial charge in [-0.2, -0.15) is 0 Å². The molecule has 0 amide bonds. The molecule has 0 radical (unpaired) electrons. The molecule has 1 N–H and O–H groups in total. The largest absolute Gasteiger partial charge is 0.379 e. The van der Waals surface area contributed by atoms with E-state index < -0.39 is 4.92 Å². The van der Waals surface area contributed by atoms with Gasteiger partial charge >= 0.3 is 5.69 Å². The molecule has 0 aliphatic heterocycles. The van der Waals surface area contributed by atoms with Crippen molar-refractivity contribution in [3.05, 3.63) is 62.9 Å². The Bertz CT molecular complexity index is 575. The molecule has 2 aromatic rings. The van der Waals surface area contributed by atoms with Gasteiger partial charge in [-0.3, -0.25) is 10.1 Å². The molecule has 19 heavy (non-hydrogen) atoms. The van der Waals surface area contributed by atoms with Crippen molar-refractivity contribution in [1.29, 1.82) is 0 Å². The minimum Gasteiger partial charge on any atom is -0.379 e. The summed E-state index contributed by atoms with van der Waals surface area (Å²) in [6, 6.07) is 11.6. The molecule has 1 aromatic carbocycles. The summed E-state index contributed by atoms with van der Waals surface area (Å²) in [4.78, 5) is 14.3. The fourth-order valence-corrected chi connectivity index (χ4v) is 2.03. The van der Waals surface area contributed by atoms with Gasteiger partial charge in [0.15, 0.2) is 0 Å². The number of hydrogen-bond acceptors (Lipinski definition) is 4. The fourth-order valence-electron chi connectivity index (χ4n) is 1.70. The van der Waals surface area contributed by atoms with E-state index in [-0.39, 0.29) is 5.69 Å². The molecule has 0 aliphatic carbocycles. The molecule has 0 spiro atoms. The van der Waals surface area contributed by atoms with E-state index >= 15 is 0 Å². The van der Waals surface area contributed by atoms with Gasteiger partial charge in [-0.1, -0.05) is 30.3 Å². The number of rotatable bonds is 5. The van der Waals surface area contributed by atoms with E-state index in [2.05, 4.69) is 26.2 Å². The van der Waals surface area contributed by atoms with Crippen LogP contribution in [0.15, 0.2) is 47.2 Å². The summed E-state index contributed by atoms with van der Waals surface area (Å²) in [7, 11) is 0. The Hall–Kier alpha value is -1.95. The molecular formula is C13H12BrN3O2. The summed E-state index contributed by atoms with van der Waals surface area (Å²) >= 11 is 3.21. The van der Waals surface area contributed by atoms with Gasteiger partial charge in [0.05, 0.1) is 4.92 Å². The van der Waals surface area contributed by atoms with Gasteiger partial charge in [0.1, 0.15) is 16.5 Å². The molecule has 1 aromatic heterocycles. The number of nitro groups is 1. The highest BCUT2D eigenvalue weighted by molar-refractivity contribution is 9.10. The quantitative estimate of drug-likeness (QED) is 0.520. The predicted octanol–water partition coefficient (Wildman–Crippen LogP) is 3.41. The van der Waals surface area contributed by atoms with Gasteiger partial charge in [-0.25, -0.2) is 4.98 Å². The van der Waals surface area contributed by atoms with E-state index in [0.717, 1.165) is 6.42 Å². The van der Waals surface area contributed by atoms with E-state index in [4.69, 9.17) is 0 Å². The summed E-state index contributed by atoms with van der Waals surface area (Å²) in [6.07, 6.45) is 2.05. The highest BCUT2D eigenvalue weighted by atomic mass is 79.9. The molecule has 6 heteroatoms. The molecule has 5 nitrogen and oxygen atoms in total. The maximum absolute atomic E-state index is 10.9. The summed E-state index contributed by atoms with van der Waals surface area (Å²) in [5, 5.41) is 13.9. The van der Waals surface area contributed by atoms with Gasteiger partial charge in [0, 0.05) is 12.6 Å². The Morgan fingerprint density at radius 3 is 2.74 bits per heavy atom. The van der Waals surface area contributed by atoms with Crippen LogP contribution in [0.4, 0.5) is 11.4 Å². The zero-order valence-corrected chi connectivity index (χ0v) is 11.6. The zero-order valence-electron chi connectivity index (χ0n) is 10.0. The zero-order chi connectivity index (χ0) is 13.7. The fraction of sp³-hybridized carbons (Fsp3) is 0.154. The lowest BCUT2D eigenvalue weighted by Crippen LogP contribution is -2.07. The Morgan fingerprint density at radius 1 is 1.32 bits per heavy atom. The first kappa shape index (κ1) is 13.5. The molecule has 0 unspecified atom stereocenters. The number of hydrogen-bond donors (Lipinski definition) is 1. The Labute approximate surface area is 119 Å². The molecule has 0 saturated carbocycles. The van der Waals surface area contributed by atoms with E-state index in [1.54, 1.807) is 6.07 Å².